The minimum absolute atomic E-state index is 0.144. The van der Waals surface area contributed by atoms with Gasteiger partial charge in [0.1, 0.15) is 6.61 Å². The van der Waals surface area contributed by atoms with E-state index < -0.39 is 12.8 Å². The van der Waals surface area contributed by atoms with Crippen molar-refractivity contribution in [1.82, 2.24) is 5.32 Å². The second-order valence-electron chi connectivity index (χ2n) is 3.60. The summed E-state index contributed by atoms with van der Waals surface area (Å²) in [5.41, 5.74) is 0. The molecule has 0 amide bonds. The number of ether oxygens (including phenoxy) is 1. The van der Waals surface area contributed by atoms with E-state index in [9.17, 15) is 13.2 Å². The summed E-state index contributed by atoms with van der Waals surface area (Å²) < 4.78 is 39.6. The summed E-state index contributed by atoms with van der Waals surface area (Å²) in [6, 6.07) is 4.07. The molecule has 0 bridgehead atoms. The molecule has 0 unspecified atom stereocenters. The lowest BCUT2D eigenvalue weighted by Gasteiger charge is -2.07. The first-order valence-corrected chi connectivity index (χ1v) is 6.33. The van der Waals surface area contributed by atoms with Crippen LogP contribution in [0.3, 0.4) is 0 Å². The Morgan fingerprint density at radius 1 is 1.29 bits per heavy atom. The molecule has 0 saturated carbocycles. The maximum atomic E-state index is 11.7. The molecule has 98 valence electrons. The highest BCUT2D eigenvalue weighted by Gasteiger charge is 2.27. The second-order valence-corrected chi connectivity index (χ2v) is 4.63. The molecule has 0 aliphatic carbocycles. The molecule has 1 N–H and O–H groups in total. The van der Waals surface area contributed by atoms with Gasteiger partial charge in [0.05, 0.1) is 0 Å². The molecule has 1 rings (SSSR count). The number of hydrogen-bond donors (Lipinski definition) is 1. The van der Waals surface area contributed by atoms with Crippen LogP contribution in [0, 0.1) is 0 Å². The molecule has 0 aliphatic rings. The Balaban J connectivity index is 1.85. The van der Waals surface area contributed by atoms with Crippen molar-refractivity contribution >= 4 is 11.3 Å². The average Bonchev–Trinajstić information content (AvgIpc) is 2.73. The minimum atomic E-state index is -4.22. The van der Waals surface area contributed by atoms with Gasteiger partial charge in [-0.3, -0.25) is 0 Å². The third-order valence-electron chi connectivity index (χ3n) is 2.04. The number of halogens is 3. The fraction of sp³-hybridized carbons (Fsp3) is 0.636. The first-order chi connectivity index (χ1) is 8.08. The fourth-order valence-corrected chi connectivity index (χ4v) is 1.99. The fourth-order valence-electron chi connectivity index (χ4n) is 1.28. The molecule has 0 aromatic carbocycles. The van der Waals surface area contributed by atoms with Crippen LogP contribution in [-0.2, 0) is 11.2 Å². The lowest BCUT2D eigenvalue weighted by molar-refractivity contribution is -0.173. The van der Waals surface area contributed by atoms with E-state index in [0.717, 1.165) is 13.0 Å². The van der Waals surface area contributed by atoms with Gasteiger partial charge < -0.3 is 10.1 Å². The topological polar surface area (TPSA) is 21.3 Å². The van der Waals surface area contributed by atoms with Crippen molar-refractivity contribution in [3.63, 3.8) is 0 Å². The van der Waals surface area contributed by atoms with Crippen molar-refractivity contribution in [2.75, 3.05) is 26.3 Å². The summed E-state index contributed by atoms with van der Waals surface area (Å²) >= 11 is 1.71. The van der Waals surface area contributed by atoms with Crippen LogP contribution in [0.4, 0.5) is 13.2 Å². The molecule has 2 nitrogen and oxygen atoms in total. The zero-order valence-corrected chi connectivity index (χ0v) is 10.2. The Hall–Kier alpha value is -0.590. The monoisotopic (exact) mass is 267 g/mol. The number of thiophene rings is 1. The van der Waals surface area contributed by atoms with E-state index in [2.05, 4.69) is 16.1 Å². The summed E-state index contributed by atoms with van der Waals surface area (Å²) in [5.74, 6) is 0. The second kappa shape index (κ2) is 7.68. The molecule has 0 fully saturated rings. The lowest BCUT2D eigenvalue weighted by Crippen LogP contribution is -2.21. The normalized spacial score (nSPS) is 11.9. The third-order valence-corrected chi connectivity index (χ3v) is 2.97. The molecular weight excluding hydrogens is 251 g/mol. The quantitative estimate of drug-likeness (QED) is 0.731. The predicted molar refractivity (Wildman–Crippen MR) is 62.4 cm³/mol. The van der Waals surface area contributed by atoms with Crippen LogP contribution in [0.25, 0.3) is 0 Å². The Bertz CT molecular complexity index is 287. The summed E-state index contributed by atoms with van der Waals surface area (Å²) in [5, 5.41) is 5.19. The van der Waals surface area contributed by atoms with Crippen LogP contribution in [0.5, 0.6) is 0 Å². The molecule has 0 atom stereocenters. The van der Waals surface area contributed by atoms with Crippen LogP contribution >= 0.6 is 11.3 Å². The molecule has 6 heteroatoms. The summed E-state index contributed by atoms with van der Waals surface area (Å²) in [6.07, 6.45) is -2.66. The number of alkyl halides is 3. The average molecular weight is 267 g/mol. The van der Waals surface area contributed by atoms with E-state index in [0.29, 0.717) is 13.0 Å². The number of hydrogen-bond acceptors (Lipinski definition) is 3. The predicted octanol–water partition coefficient (Wildman–Crippen LogP) is 2.85. The highest BCUT2D eigenvalue weighted by molar-refractivity contribution is 7.09. The molecular formula is C11H16F3NOS. The van der Waals surface area contributed by atoms with Crippen molar-refractivity contribution in [2.24, 2.45) is 0 Å². The van der Waals surface area contributed by atoms with E-state index in [-0.39, 0.29) is 6.61 Å². The van der Waals surface area contributed by atoms with E-state index in [1.807, 2.05) is 11.4 Å². The van der Waals surface area contributed by atoms with Crippen LogP contribution in [0.2, 0.25) is 0 Å². The number of nitrogens with one attached hydrogen (secondary N) is 1. The first kappa shape index (κ1) is 14.5. The summed E-state index contributed by atoms with van der Waals surface area (Å²) in [7, 11) is 0. The van der Waals surface area contributed by atoms with Crippen LogP contribution in [-0.4, -0.2) is 32.5 Å². The van der Waals surface area contributed by atoms with Gasteiger partial charge in [0.2, 0.25) is 0 Å². The smallest absolute Gasteiger partial charge is 0.372 e. The highest BCUT2D eigenvalue weighted by Crippen LogP contribution is 2.14. The zero-order chi connectivity index (χ0) is 12.6. The van der Waals surface area contributed by atoms with Crippen molar-refractivity contribution in [2.45, 2.75) is 19.0 Å². The Kier molecular flexibility index (Phi) is 6.54. The molecule has 1 heterocycles. The van der Waals surface area contributed by atoms with Gasteiger partial charge >= 0.3 is 6.18 Å². The maximum absolute atomic E-state index is 11.7. The van der Waals surface area contributed by atoms with Gasteiger partial charge in [-0.05, 0) is 37.4 Å². The Morgan fingerprint density at radius 3 is 2.76 bits per heavy atom. The Labute approximate surface area is 103 Å². The van der Waals surface area contributed by atoms with Gasteiger partial charge in [-0.25, -0.2) is 0 Å². The molecule has 1 aromatic heterocycles. The van der Waals surface area contributed by atoms with Crippen molar-refractivity contribution < 1.29 is 17.9 Å². The standard InChI is InChI=1S/C11H16F3NOS/c12-11(13,14)9-16-7-2-5-15-6-4-10-3-1-8-17-10/h1,3,8,15H,2,4-7,9H2. The van der Waals surface area contributed by atoms with Gasteiger partial charge in [-0.1, -0.05) is 6.07 Å². The van der Waals surface area contributed by atoms with Crippen molar-refractivity contribution in [3.05, 3.63) is 22.4 Å². The van der Waals surface area contributed by atoms with Crippen molar-refractivity contribution in [3.8, 4) is 0 Å². The largest absolute Gasteiger partial charge is 0.411 e. The SMILES string of the molecule is FC(F)(F)COCCCNCCc1cccs1. The Morgan fingerprint density at radius 2 is 2.12 bits per heavy atom. The van der Waals surface area contributed by atoms with E-state index in [1.54, 1.807) is 11.3 Å². The van der Waals surface area contributed by atoms with E-state index in [4.69, 9.17) is 0 Å². The van der Waals surface area contributed by atoms with Gasteiger partial charge in [0.15, 0.2) is 0 Å². The molecule has 0 aliphatic heterocycles. The van der Waals surface area contributed by atoms with Crippen LogP contribution in [0.15, 0.2) is 17.5 Å². The van der Waals surface area contributed by atoms with Crippen molar-refractivity contribution in [1.29, 1.82) is 0 Å². The van der Waals surface area contributed by atoms with Gasteiger partial charge in [0.25, 0.3) is 0 Å². The third kappa shape index (κ3) is 8.18. The maximum Gasteiger partial charge on any atom is 0.411 e. The molecule has 0 spiro atoms. The molecule has 17 heavy (non-hydrogen) atoms. The van der Waals surface area contributed by atoms with E-state index >= 15 is 0 Å². The highest BCUT2D eigenvalue weighted by atomic mass is 32.1. The van der Waals surface area contributed by atoms with E-state index in [1.165, 1.54) is 4.88 Å². The summed E-state index contributed by atoms with van der Waals surface area (Å²) in [4.78, 5) is 1.31. The minimum Gasteiger partial charge on any atom is -0.372 e. The zero-order valence-electron chi connectivity index (χ0n) is 9.43. The van der Waals surface area contributed by atoms with Gasteiger partial charge in [0, 0.05) is 11.5 Å². The molecule has 0 radical (unpaired) electrons. The molecule has 0 saturated heterocycles. The first-order valence-electron chi connectivity index (χ1n) is 5.45. The molecule has 1 aromatic rings. The van der Waals surface area contributed by atoms with Gasteiger partial charge in [-0.15, -0.1) is 11.3 Å². The van der Waals surface area contributed by atoms with Gasteiger partial charge in [-0.2, -0.15) is 13.2 Å². The summed E-state index contributed by atoms with van der Waals surface area (Å²) in [6.45, 7) is 0.525. The lowest BCUT2D eigenvalue weighted by atomic mass is 10.3. The van der Waals surface area contributed by atoms with Crippen LogP contribution < -0.4 is 5.32 Å². The van der Waals surface area contributed by atoms with Crippen LogP contribution in [0.1, 0.15) is 11.3 Å². The number of rotatable bonds is 8.